The van der Waals surface area contributed by atoms with E-state index in [1.54, 1.807) is 24.3 Å². The minimum Gasteiger partial charge on any atom is -0.326 e. The highest BCUT2D eigenvalue weighted by Gasteiger charge is 2.20. The van der Waals surface area contributed by atoms with E-state index in [1.807, 2.05) is 0 Å². The number of sulfone groups is 1. The molecule has 2 N–H and O–H groups in total. The maximum absolute atomic E-state index is 12.2. The van der Waals surface area contributed by atoms with E-state index >= 15 is 0 Å². The average molecular weight is 329 g/mol. The van der Waals surface area contributed by atoms with Crippen molar-refractivity contribution in [1.29, 1.82) is 0 Å². The number of nitrogens with two attached hydrogens (primary N) is 1. The average Bonchev–Trinajstić information content (AvgIpc) is 2.98. The second kappa shape index (κ2) is 7.51. The molecule has 0 saturated heterocycles. The monoisotopic (exact) mass is 329 g/mol. The molecule has 4 nitrogen and oxygen atoms in total. The van der Waals surface area contributed by atoms with Gasteiger partial charge in [-0.05, 0) is 36.5 Å². The van der Waals surface area contributed by atoms with Crippen molar-refractivity contribution in [2.75, 3.05) is 17.3 Å². The standard InChI is InChI=1S/C15H23NO3S2/c16-11-13-5-7-15(8-6-13)21(18,19)10-9-20(17)12-14-3-1-2-4-14/h5-8,14H,1-4,9-12,16H2. The fourth-order valence-electron chi connectivity index (χ4n) is 2.68. The summed E-state index contributed by atoms with van der Waals surface area (Å²) in [5.41, 5.74) is 6.40. The summed E-state index contributed by atoms with van der Waals surface area (Å²) in [6.45, 7) is 0.395. The maximum Gasteiger partial charge on any atom is 0.179 e. The third-order valence-corrected chi connectivity index (χ3v) is 7.49. The quantitative estimate of drug-likeness (QED) is 0.828. The second-order valence-electron chi connectivity index (χ2n) is 5.63. The van der Waals surface area contributed by atoms with Crippen molar-refractivity contribution in [2.45, 2.75) is 37.1 Å². The number of hydrogen-bond acceptors (Lipinski definition) is 4. The summed E-state index contributed by atoms with van der Waals surface area (Å²) in [7, 11) is -4.38. The molecule has 1 fully saturated rings. The van der Waals surface area contributed by atoms with Crippen LogP contribution >= 0.6 is 0 Å². The zero-order valence-electron chi connectivity index (χ0n) is 12.2. The zero-order valence-corrected chi connectivity index (χ0v) is 13.8. The predicted octanol–water partition coefficient (Wildman–Crippen LogP) is 1.86. The van der Waals surface area contributed by atoms with Gasteiger partial charge in [-0.15, -0.1) is 0 Å². The summed E-state index contributed by atoms with van der Waals surface area (Å²) >= 11 is 0. The molecule has 1 aliphatic rings. The molecule has 0 radical (unpaired) electrons. The summed E-state index contributed by atoms with van der Waals surface area (Å²) < 4.78 is 36.4. The van der Waals surface area contributed by atoms with E-state index in [-0.39, 0.29) is 16.4 Å². The Morgan fingerprint density at radius 1 is 1.14 bits per heavy atom. The Kier molecular flexibility index (Phi) is 5.96. The van der Waals surface area contributed by atoms with E-state index in [9.17, 15) is 12.6 Å². The van der Waals surface area contributed by atoms with Crippen LogP contribution in [0.5, 0.6) is 0 Å². The van der Waals surface area contributed by atoms with Crippen LogP contribution in [0.15, 0.2) is 29.2 Å². The normalized spacial score (nSPS) is 18.0. The lowest BCUT2D eigenvalue weighted by Crippen LogP contribution is -2.18. The van der Waals surface area contributed by atoms with E-state index in [0.717, 1.165) is 18.4 Å². The lowest BCUT2D eigenvalue weighted by atomic mass is 10.1. The van der Waals surface area contributed by atoms with Crippen LogP contribution < -0.4 is 5.73 Å². The van der Waals surface area contributed by atoms with Gasteiger partial charge in [0.05, 0.1) is 10.6 Å². The van der Waals surface area contributed by atoms with Crippen molar-refractivity contribution < 1.29 is 12.6 Å². The van der Waals surface area contributed by atoms with Crippen LogP contribution in [-0.2, 0) is 27.2 Å². The second-order valence-corrected chi connectivity index (χ2v) is 9.36. The van der Waals surface area contributed by atoms with Gasteiger partial charge in [0, 0.05) is 28.9 Å². The van der Waals surface area contributed by atoms with Crippen LogP contribution in [-0.4, -0.2) is 29.9 Å². The van der Waals surface area contributed by atoms with E-state index < -0.39 is 20.6 Å². The Balaban J connectivity index is 1.89. The summed E-state index contributed by atoms with van der Waals surface area (Å²) in [4.78, 5) is 0.289. The highest BCUT2D eigenvalue weighted by Crippen LogP contribution is 2.25. The highest BCUT2D eigenvalue weighted by atomic mass is 32.2. The van der Waals surface area contributed by atoms with Gasteiger partial charge in [0.1, 0.15) is 0 Å². The van der Waals surface area contributed by atoms with Crippen LogP contribution in [0.4, 0.5) is 0 Å². The molecule has 1 aromatic rings. The van der Waals surface area contributed by atoms with Crippen LogP contribution in [0, 0.1) is 5.92 Å². The van der Waals surface area contributed by atoms with Crippen molar-refractivity contribution in [1.82, 2.24) is 0 Å². The lowest BCUT2D eigenvalue weighted by molar-refractivity contribution is 0.594. The van der Waals surface area contributed by atoms with E-state index in [4.69, 9.17) is 5.73 Å². The molecule has 2 rings (SSSR count). The Bertz CT molecular complexity index is 575. The first-order valence-corrected chi connectivity index (χ1v) is 10.5. The molecular formula is C15H23NO3S2. The Morgan fingerprint density at radius 3 is 2.33 bits per heavy atom. The predicted molar refractivity (Wildman–Crippen MR) is 86.2 cm³/mol. The van der Waals surface area contributed by atoms with Crippen molar-refractivity contribution in [2.24, 2.45) is 11.7 Å². The third-order valence-electron chi connectivity index (χ3n) is 3.99. The molecule has 0 aromatic heterocycles. The van der Waals surface area contributed by atoms with Crippen LogP contribution in [0.2, 0.25) is 0 Å². The molecule has 1 unspecified atom stereocenters. The van der Waals surface area contributed by atoms with Crippen LogP contribution in [0.25, 0.3) is 0 Å². The molecule has 0 heterocycles. The number of benzene rings is 1. The number of hydrogen-bond donors (Lipinski definition) is 1. The molecule has 0 spiro atoms. The molecule has 0 amide bonds. The van der Waals surface area contributed by atoms with E-state index in [1.165, 1.54) is 12.8 Å². The van der Waals surface area contributed by atoms with Crippen LogP contribution in [0.1, 0.15) is 31.2 Å². The maximum atomic E-state index is 12.2. The summed E-state index contributed by atoms with van der Waals surface area (Å²) in [6, 6.07) is 6.61. The van der Waals surface area contributed by atoms with Gasteiger partial charge in [0.15, 0.2) is 9.84 Å². The van der Waals surface area contributed by atoms with Crippen molar-refractivity contribution in [3.8, 4) is 0 Å². The minimum absolute atomic E-state index is 0.0473. The summed E-state index contributed by atoms with van der Waals surface area (Å²) in [6.07, 6.45) is 4.71. The van der Waals surface area contributed by atoms with Crippen LogP contribution in [0.3, 0.4) is 0 Å². The fraction of sp³-hybridized carbons (Fsp3) is 0.600. The first kappa shape index (κ1) is 16.6. The van der Waals surface area contributed by atoms with E-state index in [2.05, 4.69) is 0 Å². The zero-order chi connectivity index (χ0) is 15.3. The topological polar surface area (TPSA) is 77.2 Å². The van der Waals surface area contributed by atoms with Gasteiger partial charge in [-0.1, -0.05) is 25.0 Å². The molecule has 0 bridgehead atoms. The SMILES string of the molecule is NCc1ccc(S(=O)(=O)CCS(=O)CC2CCCC2)cc1. The lowest BCUT2D eigenvalue weighted by Gasteiger charge is -2.09. The Hall–Kier alpha value is -0.720. The van der Waals surface area contributed by atoms with E-state index in [0.29, 0.717) is 18.2 Å². The first-order chi connectivity index (χ1) is 10.0. The van der Waals surface area contributed by atoms with Crippen molar-refractivity contribution >= 4 is 20.6 Å². The molecule has 21 heavy (non-hydrogen) atoms. The minimum atomic E-state index is -3.35. The largest absolute Gasteiger partial charge is 0.326 e. The summed E-state index contributed by atoms with van der Waals surface area (Å²) in [5.74, 6) is 1.37. The van der Waals surface area contributed by atoms with Gasteiger partial charge >= 0.3 is 0 Å². The third kappa shape index (κ3) is 4.90. The Labute approximate surface area is 129 Å². The molecular weight excluding hydrogens is 306 g/mol. The molecule has 0 aliphatic heterocycles. The smallest absolute Gasteiger partial charge is 0.179 e. The van der Waals surface area contributed by atoms with Gasteiger partial charge < -0.3 is 5.73 Å². The fourth-order valence-corrected chi connectivity index (χ4v) is 6.11. The molecule has 1 atom stereocenters. The van der Waals surface area contributed by atoms with Gasteiger partial charge in [0.25, 0.3) is 0 Å². The van der Waals surface area contributed by atoms with Gasteiger partial charge in [-0.3, -0.25) is 4.21 Å². The molecule has 6 heteroatoms. The molecule has 1 saturated carbocycles. The van der Waals surface area contributed by atoms with Gasteiger partial charge in [0.2, 0.25) is 0 Å². The highest BCUT2D eigenvalue weighted by molar-refractivity contribution is 7.93. The number of rotatable bonds is 7. The van der Waals surface area contributed by atoms with Gasteiger partial charge in [-0.2, -0.15) is 0 Å². The van der Waals surface area contributed by atoms with Crippen molar-refractivity contribution in [3.63, 3.8) is 0 Å². The molecule has 1 aliphatic carbocycles. The summed E-state index contributed by atoms with van der Waals surface area (Å²) in [5, 5.41) is 0. The Morgan fingerprint density at radius 2 is 1.76 bits per heavy atom. The molecule has 1 aromatic carbocycles. The van der Waals surface area contributed by atoms with Crippen molar-refractivity contribution in [3.05, 3.63) is 29.8 Å². The molecule has 118 valence electrons. The van der Waals surface area contributed by atoms with Gasteiger partial charge in [-0.25, -0.2) is 8.42 Å². The first-order valence-electron chi connectivity index (χ1n) is 7.38.